The molecule has 0 saturated heterocycles. The van der Waals surface area contributed by atoms with Gasteiger partial charge in [0, 0.05) is 12.3 Å². The molecule has 0 amide bonds. The first kappa shape index (κ1) is 8.34. The number of hydrogen-bond acceptors (Lipinski definition) is 2. The number of carbonyl (C=O) groups excluding carboxylic acids is 2. The Morgan fingerprint density at radius 3 is 2.33 bits per heavy atom. The van der Waals surface area contributed by atoms with Crippen LogP contribution in [-0.4, -0.2) is 12.1 Å². The van der Waals surface area contributed by atoms with E-state index in [0.29, 0.717) is 6.42 Å². The van der Waals surface area contributed by atoms with Crippen molar-refractivity contribution in [1.29, 1.82) is 0 Å². The highest BCUT2D eigenvalue weighted by Gasteiger charge is 2.09. The van der Waals surface area contributed by atoms with Crippen LogP contribution in [0.15, 0.2) is 0 Å². The zero-order valence-electron chi connectivity index (χ0n) is 5.89. The van der Waals surface area contributed by atoms with E-state index in [2.05, 4.69) is 0 Å². The third-order valence-corrected chi connectivity index (χ3v) is 1.45. The van der Waals surface area contributed by atoms with Gasteiger partial charge in [-0.3, -0.25) is 4.79 Å². The smallest absolute Gasteiger partial charge is 0.133 e. The summed E-state index contributed by atoms with van der Waals surface area (Å²) in [7, 11) is 0. The summed E-state index contributed by atoms with van der Waals surface area (Å²) in [6, 6.07) is 0. The van der Waals surface area contributed by atoms with Gasteiger partial charge in [-0.05, 0) is 13.3 Å². The first-order chi connectivity index (χ1) is 4.22. The summed E-state index contributed by atoms with van der Waals surface area (Å²) >= 11 is 0. The molecule has 0 aliphatic carbocycles. The highest BCUT2D eigenvalue weighted by Crippen LogP contribution is 2.06. The maximum atomic E-state index is 10.6. The van der Waals surface area contributed by atoms with Crippen LogP contribution < -0.4 is 0 Å². The highest BCUT2D eigenvalue weighted by atomic mass is 16.1. The Labute approximate surface area is 55.3 Å². The zero-order chi connectivity index (χ0) is 7.28. The van der Waals surface area contributed by atoms with E-state index in [4.69, 9.17) is 0 Å². The Balaban J connectivity index is 3.67. The normalized spacial score (nSPS) is 12.7. The maximum Gasteiger partial charge on any atom is 0.133 e. The molecule has 0 bridgehead atoms. The Morgan fingerprint density at radius 1 is 1.67 bits per heavy atom. The van der Waals surface area contributed by atoms with Gasteiger partial charge in [0.15, 0.2) is 0 Å². The lowest BCUT2D eigenvalue weighted by molar-refractivity contribution is -0.123. The summed E-state index contributed by atoms with van der Waals surface area (Å²) in [5.74, 6) is 0.0760. The van der Waals surface area contributed by atoms with Crippen molar-refractivity contribution in [3.05, 3.63) is 0 Å². The van der Waals surface area contributed by atoms with E-state index in [0.717, 1.165) is 12.7 Å². The molecule has 0 rings (SSSR count). The number of rotatable bonds is 4. The van der Waals surface area contributed by atoms with Crippen LogP contribution in [0.5, 0.6) is 0 Å². The molecular formula is C7H12O2. The molecule has 1 unspecified atom stereocenters. The van der Waals surface area contributed by atoms with Gasteiger partial charge in [0.25, 0.3) is 0 Å². The van der Waals surface area contributed by atoms with Crippen molar-refractivity contribution in [2.45, 2.75) is 26.7 Å². The van der Waals surface area contributed by atoms with Crippen molar-refractivity contribution in [2.75, 3.05) is 0 Å². The SMILES string of the molecule is CCC(CC=O)C(C)=O. The maximum absolute atomic E-state index is 10.6. The predicted molar refractivity (Wildman–Crippen MR) is 35.1 cm³/mol. The average molecular weight is 128 g/mol. The Kier molecular flexibility index (Phi) is 3.93. The van der Waals surface area contributed by atoms with Crippen LogP contribution in [-0.2, 0) is 9.59 Å². The Bertz CT molecular complexity index is 107. The van der Waals surface area contributed by atoms with E-state index < -0.39 is 0 Å². The lowest BCUT2D eigenvalue weighted by Gasteiger charge is -2.03. The second-order valence-corrected chi connectivity index (χ2v) is 2.12. The molecular weight excluding hydrogens is 116 g/mol. The number of ketones is 1. The zero-order valence-corrected chi connectivity index (χ0v) is 5.89. The van der Waals surface area contributed by atoms with E-state index in [1.54, 1.807) is 0 Å². The van der Waals surface area contributed by atoms with Crippen LogP contribution in [0.3, 0.4) is 0 Å². The van der Waals surface area contributed by atoms with Gasteiger partial charge in [0.1, 0.15) is 12.1 Å². The van der Waals surface area contributed by atoms with Gasteiger partial charge in [-0.15, -0.1) is 0 Å². The van der Waals surface area contributed by atoms with Crippen LogP contribution in [0.25, 0.3) is 0 Å². The van der Waals surface area contributed by atoms with Gasteiger partial charge in [0.2, 0.25) is 0 Å². The Hall–Kier alpha value is -0.660. The van der Waals surface area contributed by atoms with E-state index >= 15 is 0 Å². The minimum absolute atomic E-state index is 0.0394. The van der Waals surface area contributed by atoms with Crippen LogP contribution in [0, 0.1) is 5.92 Å². The second-order valence-electron chi connectivity index (χ2n) is 2.12. The molecule has 0 aromatic rings. The molecule has 0 aliphatic heterocycles. The van der Waals surface area contributed by atoms with Gasteiger partial charge in [-0.1, -0.05) is 6.92 Å². The van der Waals surface area contributed by atoms with Crippen molar-refractivity contribution in [1.82, 2.24) is 0 Å². The summed E-state index contributed by atoms with van der Waals surface area (Å²) in [6.45, 7) is 3.44. The predicted octanol–water partition coefficient (Wildman–Crippen LogP) is 1.19. The summed E-state index contributed by atoms with van der Waals surface area (Å²) in [6.07, 6.45) is 1.95. The third-order valence-electron chi connectivity index (χ3n) is 1.45. The summed E-state index contributed by atoms with van der Waals surface area (Å²) < 4.78 is 0. The molecule has 2 heteroatoms. The van der Waals surface area contributed by atoms with Crippen LogP contribution >= 0.6 is 0 Å². The van der Waals surface area contributed by atoms with Crippen LogP contribution in [0.1, 0.15) is 26.7 Å². The minimum Gasteiger partial charge on any atom is -0.303 e. The van der Waals surface area contributed by atoms with Crippen molar-refractivity contribution >= 4 is 12.1 Å². The molecule has 2 nitrogen and oxygen atoms in total. The standard InChI is InChI=1S/C7H12O2/c1-3-7(4-5-8)6(2)9/h5,7H,3-4H2,1-2H3. The van der Waals surface area contributed by atoms with Gasteiger partial charge < -0.3 is 4.79 Å². The van der Waals surface area contributed by atoms with Gasteiger partial charge in [-0.2, -0.15) is 0 Å². The largest absolute Gasteiger partial charge is 0.303 e. The molecule has 52 valence electrons. The Morgan fingerprint density at radius 2 is 2.22 bits per heavy atom. The highest BCUT2D eigenvalue weighted by molar-refractivity contribution is 5.80. The van der Waals surface area contributed by atoms with Crippen molar-refractivity contribution in [3.8, 4) is 0 Å². The number of carbonyl (C=O) groups is 2. The van der Waals surface area contributed by atoms with Crippen molar-refractivity contribution in [3.63, 3.8) is 0 Å². The molecule has 0 aromatic carbocycles. The molecule has 1 atom stereocenters. The summed E-state index contributed by atoms with van der Waals surface area (Å²) in [5, 5.41) is 0. The fourth-order valence-corrected chi connectivity index (χ4v) is 0.736. The summed E-state index contributed by atoms with van der Waals surface area (Å²) in [4.78, 5) is 20.5. The average Bonchev–Trinajstić information content (AvgIpc) is 1.82. The summed E-state index contributed by atoms with van der Waals surface area (Å²) in [5.41, 5.74) is 0. The molecule has 0 fully saturated rings. The lowest BCUT2D eigenvalue weighted by atomic mass is 9.99. The van der Waals surface area contributed by atoms with Crippen molar-refractivity contribution < 1.29 is 9.59 Å². The molecule has 0 saturated carbocycles. The van der Waals surface area contributed by atoms with E-state index in [1.807, 2.05) is 6.92 Å². The van der Waals surface area contributed by atoms with E-state index in [1.165, 1.54) is 6.92 Å². The second kappa shape index (κ2) is 4.24. The molecule has 0 aromatic heterocycles. The van der Waals surface area contributed by atoms with Crippen LogP contribution in [0.4, 0.5) is 0 Å². The monoisotopic (exact) mass is 128 g/mol. The number of hydrogen-bond donors (Lipinski definition) is 0. The quantitative estimate of drug-likeness (QED) is 0.533. The first-order valence-corrected chi connectivity index (χ1v) is 3.16. The minimum atomic E-state index is -0.0394. The molecule has 0 N–H and O–H groups in total. The first-order valence-electron chi connectivity index (χ1n) is 3.16. The molecule has 0 aliphatic rings. The topological polar surface area (TPSA) is 34.1 Å². The third kappa shape index (κ3) is 3.01. The lowest BCUT2D eigenvalue weighted by Crippen LogP contribution is -2.09. The number of aldehydes is 1. The molecule has 9 heavy (non-hydrogen) atoms. The van der Waals surface area contributed by atoms with E-state index in [9.17, 15) is 9.59 Å². The van der Waals surface area contributed by atoms with Crippen LogP contribution in [0.2, 0.25) is 0 Å². The fourth-order valence-electron chi connectivity index (χ4n) is 0.736. The number of Topliss-reactive ketones (excluding diaryl/α,β-unsaturated/α-hetero) is 1. The van der Waals surface area contributed by atoms with Gasteiger partial charge in [-0.25, -0.2) is 0 Å². The fraction of sp³-hybridized carbons (Fsp3) is 0.714. The molecule has 0 radical (unpaired) electrons. The van der Waals surface area contributed by atoms with Gasteiger partial charge >= 0.3 is 0 Å². The van der Waals surface area contributed by atoms with Crippen molar-refractivity contribution in [2.24, 2.45) is 5.92 Å². The molecule has 0 heterocycles. The molecule has 0 spiro atoms. The van der Waals surface area contributed by atoms with E-state index in [-0.39, 0.29) is 11.7 Å². The van der Waals surface area contributed by atoms with Gasteiger partial charge in [0.05, 0.1) is 0 Å².